The van der Waals surface area contributed by atoms with E-state index in [9.17, 15) is 4.79 Å². The number of fused-ring (bicyclic) bond motifs is 1. The Hall–Kier alpha value is -2.21. The van der Waals surface area contributed by atoms with Gasteiger partial charge in [0, 0.05) is 18.6 Å². The molecule has 0 unspecified atom stereocenters. The summed E-state index contributed by atoms with van der Waals surface area (Å²) in [5.74, 6) is 0.551. The average molecular weight is 301 g/mol. The van der Waals surface area contributed by atoms with E-state index in [4.69, 9.17) is 4.74 Å². The molecule has 0 radical (unpaired) electrons. The van der Waals surface area contributed by atoms with Crippen molar-refractivity contribution in [2.24, 2.45) is 7.05 Å². The number of aromatic nitrogens is 3. The number of thiazole rings is 1. The van der Waals surface area contributed by atoms with Gasteiger partial charge in [0.2, 0.25) is 0 Å². The lowest BCUT2D eigenvalue weighted by Gasteiger charge is -2.10. The molecule has 6 heteroatoms. The molecule has 0 spiro atoms. The van der Waals surface area contributed by atoms with Crippen LogP contribution in [0.3, 0.4) is 0 Å². The van der Waals surface area contributed by atoms with Crippen LogP contribution >= 0.6 is 11.3 Å². The number of aryl methyl sites for hydroxylation is 2. The number of carbonyl (C=O) groups is 1. The first-order valence-corrected chi connectivity index (χ1v) is 7.47. The van der Waals surface area contributed by atoms with Gasteiger partial charge in [-0.25, -0.2) is 14.8 Å². The fraction of sp³-hybridized carbons (Fsp3) is 0.267. The Morgan fingerprint density at radius 2 is 2.24 bits per heavy atom. The molecular weight excluding hydrogens is 286 g/mol. The molecule has 1 aromatic carbocycles. The van der Waals surface area contributed by atoms with Crippen LogP contribution in [0.15, 0.2) is 29.8 Å². The van der Waals surface area contributed by atoms with Crippen molar-refractivity contribution in [3.8, 4) is 0 Å². The first-order valence-electron chi connectivity index (χ1n) is 6.59. The van der Waals surface area contributed by atoms with Crippen LogP contribution in [0.4, 0.5) is 0 Å². The molecule has 0 aliphatic heterocycles. The summed E-state index contributed by atoms with van der Waals surface area (Å²) >= 11 is 1.47. The number of benzene rings is 1. The first kappa shape index (κ1) is 13.8. The van der Waals surface area contributed by atoms with Gasteiger partial charge in [0.25, 0.3) is 0 Å². The van der Waals surface area contributed by atoms with Gasteiger partial charge in [0.05, 0.1) is 16.6 Å². The van der Waals surface area contributed by atoms with E-state index in [2.05, 4.69) is 9.97 Å². The van der Waals surface area contributed by atoms with Crippen molar-refractivity contribution in [2.45, 2.75) is 20.0 Å². The number of carbonyl (C=O) groups excluding carboxylic acids is 1. The monoisotopic (exact) mass is 301 g/mol. The third kappa shape index (κ3) is 2.54. The molecule has 0 aliphatic rings. The van der Waals surface area contributed by atoms with Gasteiger partial charge in [-0.15, -0.1) is 11.3 Å². The third-order valence-electron chi connectivity index (χ3n) is 3.42. The van der Waals surface area contributed by atoms with Crippen LogP contribution in [0, 0.1) is 6.92 Å². The molecule has 0 aliphatic carbocycles. The summed E-state index contributed by atoms with van der Waals surface area (Å²) in [6, 6.07) is 5.42. The number of nitrogens with zero attached hydrogens (tertiary/aromatic N) is 3. The van der Waals surface area contributed by atoms with Crippen molar-refractivity contribution in [3.05, 3.63) is 46.2 Å². The van der Waals surface area contributed by atoms with Crippen LogP contribution in [-0.4, -0.2) is 20.5 Å². The van der Waals surface area contributed by atoms with Crippen LogP contribution in [0.25, 0.3) is 11.0 Å². The van der Waals surface area contributed by atoms with E-state index in [0.717, 1.165) is 21.9 Å². The van der Waals surface area contributed by atoms with Crippen molar-refractivity contribution in [1.29, 1.82) is 0 Å². The molecule has 0 fully saturated rings. The minimum absolute atomic E-state index is 0.348. The summed E-state index contributed by atoms with van der Waals surface area (Å²) in [4.78, 5) is 20.8. The lowest BCUT2D eigenvalue weighted by Crippen LogP contribution is -2.09. The molecule has 5 nitrogen and oxygen atoms in total. The molecule has 2 heterocycles. The zero-order valence-electron chi connectivity index (χ0n) is 12.0. The Morgan fingerprint density at radius 3 is 2.95 bits per heavy atom. The fourth-order valence-corrected chi connectivity index (χ4v) is 2.78. The van der Waals surface area contributed by atoms with Gasteiger partial charge in [-0.3, -0.25) is 0 Å². The second kappa shape index (κ2) is 5.29. The molecule has 2 aromatic heterocycles. The van der Waals surface area contributed by atoms with E-state index < -0.39 is 0 Å². The maximum absolute atomic E-state index is 12.2. The standard InChI is InChI=1S/C15H15N3O2S/c1-9(14-16-6-7-21-14)20-15(19)11-4-5-13-12(8-11)17-10(2)18(13)3/h4-9H,1-3H3/t9-/m0/s1. The third-order valence-corrected chi connectivity index (χ3v) is 4.36. The van der Waals surface area contributed by atoms with Crippen LogP contribution in [0.5, 0.6) is 0 Å². The molecule has 3 aromatic rings. The van der Waals surface area contributed by atoms with Crippen molar-refractivity contribution in [2.75, 3.05) is 0 Å². The maximum Gasteiger partial charge on any atom is 0.338 e. The van der Waals surface area contributed by atoms with Crippen molar-refractivity contribution < 1.29 is 9.53 Å². The Morgan fingerprint density at radius 1 is 1.43 bits per heavy atom. The van der Waals surface area contributed by atoms with Crippen molar-refractivity contribution >= 4 is 28.3 Å². The Balaban J connectivity index is 1.84. The summed E-state index contributed by atoms with van der Waals surface area (Å²) in [6.07, 6.45) is 1.35. The largest absolute Gasteiger partial charge is 0.452 e. The summed E-state index contributed by atoms with van der Waals surface area (Å²) in [5, 5.41) is 2.65. The molecule has 21 heavy (non-hydrogen) atoms. The molecule has 0 bridgehead atoms. The lowest BCUT2D eigenvalue weighted by molar-refractivity contribution is 0.0337. The van der Waals surface area contributed by atoms with Crippen molar-refractivity contribution in [1.82, 2.24) is 14.5 Å². The highest BCUT2D eigenvalue weighted by Gasteiger charge is 2.16. The molecule has 0 saturated carbocycles. The minimum atomic E-state index is -0.358. The maximum atomic E-state index is 12.2. The highest BCUT2D eigenvalue weighted by atomic mass is 32.1. The Kier molecular flexibility index (Phi) is 3.47. The zero-order chi connectivity index (χ0) is 15.0. The number of esters is 1. The van der Waals surface area contributed by atoms with Gasteiger partial charge < -0.3 is 9.30 Å². The summed E-state index contributed by atoms with van der Waals surface area (Å²) in [5.41, 5.74) is 2.30. The number of hydrogen-bond acceptors (Lipinski definition) is 5. The SMILES string of the molecule is Cc1nc2cc(C(=O)O[C@@H](C)c3nccs3)ccc2n1C. The molecule has 1 atom stereocenters. The summed E-state index contributed by atoms with van der Waals surface area (Å²) in [6.45, 7) is 3.75. The van der Waals surface area contributed by atoms with E-state index >= 15 is 0 Å². The minimum Gasteiger partial charge on any atom is -0.452 e. The number of imidazole rings is 1. The van der Waals surface area contributed by atoms with Gasteiger partial charge in [-0.1, -0.05) is 0 Å². The van der Waals surface area contributed by atoms with Crippen LogP contribution in [0.1, 0.15) is 34.2 Å². The number of rotatable bonds is 3. The van der Waals surface area contributed by atoms with Crippen LogP contribution in [0.2, 0.25) is 0 Å². The Labute approximate surface area is 126 Å². The zero-order valence-corrected chi connectivity index (χ0v) is 12.8. The van der Waals surface area contributed by atoms with E-state index in [-0.39, 0.29) is 12.1 Å². The molecule has 0 N–H and O–H groups in total. The predicted molar refractivity (Wildman–Crippen MR) is 81.4 cm³/mol. The van der Waals surface area contributed by atoms with E-state index in [1.54, 1.807) is 18.3 Å². The van der Waals surface area contributed by atoms with E-state index in [0.29, 0.717) is 5.56 Å². The lowest BCUT2D eigenvalue weighted by atomic mass is 10.2. The normalized spacial score (nSPS) is 12.5. The quantitative estimate of drug-likeness (QED) is 0.697. The predicted octanol–water partition coefficient (Wildman–Crippen LogP) is 3.26. The second-order valence-corrected chi connectivity index (χ2v) is 5.77. The van der Waals surface area contributed by atoms with Gasteiger partial charge in [-0.2, -0.15) is 0 Å². The Bertz CT molecular complexity index is 793. The van der Waals surface area contributed by atoms with E-state index in [1.807, 2.05) is 36.9 Å². The van der Waals surface area contributed by atoms with Crippen LogP contribution in [-0.2, 0) is 11.8 Å². The first-order chi connectivity index (χ1) is 10.1. The van der Waals surface area contributed by atoms with Gasteiger partial charge in [0.1, 0.15) is 10.8 Å². The topological polar surface area (TPSA) is 57.0 Å². The second-order valence-electron chi connectivity index (χ2n) is 4.84. The number of ether oxygens (including phenoxy) is 1. The van der Waals surface area contributed by atoms with Gasteiger partial charge in [0.15, 0.2) is 6.10 Å². The summed E-state index contributed by atoms with van der Waals surface area (Å²) in [7, 11) is 1.95. The molecular formula is C15H15N3O2S. The van der Waals surface area contributed by atoms with Crippen LogP contribution < -0.4 is 0 Å². The molecule has 0 amide bonds. The molecule has 108 valence electrons. The highest BCUT2D eigenvalue weighted by Crippen LogP contribution is 2.22. The van der Waals surface area contributed by atoms with E-state index in [1.165, 1.54) is 11.3 Å². The smallest absolute Gasteiger partial charge is 0.338 e. The fourth-order valence-electron chi connectivity index (χ4n) is 2.16. The molecule has 0 saturated heterocycles. The van der Waals surface area contributed by atoms with Gasteiger partial charge >= 0.3 is 5.97 Å². The molecule has 3 rings (SSSR count). The van der Waals surface area contributed by atoms with Gasteiger partial charge in [-0.05, 0) is 32.0 Å². The van der Waals surface area contributed by atoms with Crippen molar-refractivity contribution in [3.63, 3.8) is 0 Å². The summed E-state index contributed by atoms with van der Waals surface area (Å²) < 4.78 is 7.43. The highest BCUT2D eigenvalue weighted by molar-refractivity contribution is 7.09. The number of hydrogen-bond donors (Lipinski definition) is 0. The average Bonchev–Trinajstić information content (AvgIpc) is 3.08.